The molecule has 0 aromatic carbocycles. The molecule has 0 unspecified atom stereocenters. The van der Waals surface area contributed by atoms with Crippen LogP contribution in [-0.4, -0.2) is 16.0 Å². The van der Waals surface area contributed by atoms with Crippen LogP contribution in [-0.2, 0) is 6.54 Å². The standard InChI is InChI=1S/C7H10F3N3/c8-7(9,10)2-1-3-13-5-6(11)4-12-13/h4-5H,1-3,11H2. The van der Waals surface area contributed by atoms with Crippen LogP contribution >= 0.6 is 0 Å². The summed E-state index contributed by atoms with van der Waals surface area (Å²) in [5.74, 6) is 0. The molecule has 0 fully saturated rings. The summed E-state index contributed by atoms with van der Waals surface area (Å²) >= 11 is 0. The van der Waals surface area contributed by atoms with E-state index in [2.05, 4.69) is 5.10 Å². The third kappa shape index (κ3) is 3.82. The van der Waals surface area contributed by atoms with E-state index in [0.717, 1.165) is 0 Å². The van der Waals surface area contributed by atoms with E-state index < -0.39 is 12.6 Å². The van der Waals surface area contributed by atoms with Gasteiger partial charge in [0, 0.05) is 19.2 Å². The quantitative estimate of drug-likeness (QED) is 0.795. The zero-order valence-electron chi connectivity index (χ0n) is 6.88. The van der Waals surface area contributed by atoms with Gasteiger partial charge in [0.2, 0.25) is 0 Å². The summed E-state index contributed by atoms with van der Waals surface area (Å²) in [7, 11) is 0. The Morgan fingerprint density at radius 2 is 2.15 bits per heavy atom. The molecule has 74 valence electrons. The first kappa shape index (κ1) is 9.88. The molecule has 0 aliphatic heterocycles. The van der Waals surface area contributed by atoms with E-state index >= 15 is 0 Å². The third-order valence-corrected chi connectivity index (χ3v) is 1.50. The van der Waals surface area contributed by atoms with Crippen LogP contribution in [0, 0.1) is 0 Å². The molecule has 0 spiro atoms. The van der Waals surface area contributed by atoms with E-state index in [1.54, 1.807) is 0 Å². The predicted octanol–water partition coefficient (Wildman–Crippen LogP) is 1.81. The molecule has 0 saturated heterocycles. The fourth-order valence-corrected chi connectivity index (χ4v) is 0.943. The average Bonchev–Trinajstić information content (AvgIpc) is 2.33. The zero-order chi connectivity index (χ0) is 9.90. The molecule has 0 bridgehead atoms. The Labute approximate surface area is 73.3 Å². The smallest absolute Gasteiger partial charge is 0.389 e. The van der Waals surface area contributed by atoms with Gasteiger partial charge in [0.1, 0.15) is 0 Å². The number of hydrogen-bond acceptors (Lipinski definition) is 2. The normalized spacial score (nSPS) is 11.9. The average molecular weight is 193 g/mol. The largest absolute Gasteiger partial charge is 0.396 e. The first-order valence-electron chi connectivity index (χ1n) is 3.82. The molecule has 0 saturated carbocycles. The minimum absolute atomic E-state index is 0.0324. The van der Waals surface area contributed by atoms with E-state index in [4.69, 9.17) is 5.73 Å². The zero-order valence-corrected chi connectivity index (χ0v) is 6.88. The van der Waals surface area contributed by atoms with Crippen LogP contribution in [0.15, 0.2) is 12.4 Å². The highest BCUT2D eigenvalue weighted by molar-refractivity contribution is 5.30. The molecule has 1 aromatic rings. The Balaban J connectivity index is 2.28. The van der Waals surface area contributed by atoms with E-state index in [9.17, 15) is 13.2 Å². The van der Waals surface area contributed by atoms with Gasteiger partial charge >= 0.3 is 6.18 Å². The van der Waals surface area contributed by atoms with Crippen molar-refractivity contribution in [3.63, 3.8) is 0 Å². The van der Waals surface area contributed by atoms with E-state index in [1.165, 1.54) is 17.1 Å². The molecule has 13 heavy (non-hydrogen) atoms. The summed E-state index contributed by atoms with van der Waals surface area (Å²) in [5.41, 5.74) is 5.80. The number of rotatable bonds is 3. The van der Waals surface area contributed by atoms with Crippen molar-refractivity contribution in [1.82, 2.24) is 9.78 Å². The van der Waals surface area contributed by atoms with Gasteiger partial charge in [-0.1, -0.05) is 0 Å². The minimum Gasteiger partial charge on any atom is -0.396 e. The highest BCUT2D eigenvalue weighted by atomic mass is 19.4. The summed E-state index contributed by atoms with van der Waals surface area (Å²) in [6.45, 7) is 0.247. The maximum Gasteiger partial charge on any atom is 0.389 e. The molecule has 1 heterocycles. The van der Waals surface area contributed by atoms with Crippen molar-refractivity contribution in [1.29, 1.82) is 0 Å². The summed E-state index contributed by atoms with van der Waals surface area (Å²) in [6.07, 6.45) is -1.92. The number of aryl methyl sites for hydroxylation is 1. The maximum absolute atomic E-state index is 11.7. The SMILES string of the molecule is Nc1cnn(CCCC(F)(F)F)c1. The summed E-state index contributed by atoms with van der Waals surface area (Å²) in [4.78, 5) is 0. The second kappa shape index (κ2) is 3.68. The molecule has 0 atom stereocenters. The topological polar surface area (TPSA) is 43.8 Å². The van der Waals surface area contributed by atoms with Crippen molar-refractivity contribution in [2.45, 2.75) is 25.6 Å². The fourth-order valence-electron chi connectivity index (χ4n) is 0.943. The molecule has 0 aliphatic rings. The lowest BCUT2D eigenvalue weighted by Gasteiger charge is -2.05. The van der Waals surface area contributed by atoms with Crippen molar-refractivity contribution < 1.29 is 13.2 Å². The number of alkyl halides is 3. The first-order valence-corrected chi connectivity index (χ1v) is 3.82. The molecule has 0 aliphatic carbocycles. The van der Waals surface area contributed by atoms with E-state index in [-0.39, 0.29) is 13.0 Å². The van der Waals surface area contributed by atoms with E-state index in [0.29, 0.717) is 5.69 Å². The molecular weight excluding hydrogens is 183 g/mol. The Kier molecular flexibility index (Phi) is 2.79. The van der Waals surface area contributed by atoms with Crippen LogP contribution in [0.5, 0.6) is 0 Å². The van der Waals surface area contributed by atoms with Gasteiger partial charge < -0.3 is 5.73 Å². The number of halogens is 3. The van der Waals surface area contributed by atoms with Crippen LogP contribution in [0.4, 0.5) is 18.9 Å². The molecule has 0 amide bonds. The van der Waals surface area contributed by atoms with Crippen LogP contribution in [0.2, 0.25) is 0 Å². The predicted molar refractivity (Wildman–Crippen MR) is 41.9 cm³/mol. The summed E-state index contributed by atoms with van der Waals surface area (Å²) < 4.78 is 36.5. The number of nitrogens with zero attached hydrogens (tertiary/aromatic N) is 2. The lowest BCUT2D eigenvalue weighted by atomic mass is 10.3. The van der Waals surface area contributed by atoms with Gasteiger partial charge in [0.05, 0.1) is 11.9 Å². The van der Waals surface area contributed by atoms with Gasteiger partial charge in [0.15, 0.2) is 0 Å². The van der Waals surface area contributed by atoms with Crippen LogP contribution in [0.3, 0.4) is 0 Å². The lowest BCUT2D eigenvalue weighted by molar-refractivity contribution is -0.136. The second-order valence-electron chi connectivity index (χ2n) is 2.76. The Hall–Kier alpha value is -1.20. The Morgan fingerprint density at radius 3 is 2.62 bits per heavy atom. The van der Waals surface area contributed by atoms with Crippen molar-refractivity contribution in [3.8, 4) is 0 Å². The molecule has 6 heteroatoms. The molecule has 2 N–H and O–H groups in total. The first-order chi connectivity index (χ1) is 5.97. The number of anilines is 1. The highest BCUT2D eigenvalue weighted by Crippen LogP contribution is 2.21. The van der Waals surface area contributed by atoms with Gasteiger partial charge in [-0.05, 0) is 6.42 Å². The van der Waals surface area contributed by atoms with Crippen LogP contribution < -0.4 is 5.73 Å². The molecule has 1 rings (SSSR count). The van der Waals surface area contributed by atoms with E-state index in [1.807, 2.05) is 0 Å². The van der Waals surface area contributed by atoms with Crippen molar-refractivity contribution >= 4 is 5.69 Å². The number of aromatic nitrogens is 2. The maximum atomic E-state index is 11.7. The van der Waals surface area contributed by atoms with Crippen LogP contribution in [0.1, 0.15) is 12.8 Å². The third-order valence-electron chi connectivity index (χ3n) is 1.50. The van der Waals surface area contributed by atoms with Gasteiger partial charge in [-0.25, -0.2) is 0 Å². The van der Waals surface area contributed by atoms with Gasteiger partial charge in [-0.15, -0.1) is 0 Å². The van der Waals surface area contributed by atoms with Crippen molar-refractivity contribution in [2.24, 2.45) is 0 Å². The summed E-state index contributed by atoms with van der Waals surface area (Å²) in [5, 5.41) is 3.76. The van der Waals surface area contributed by atoms with Crippen molar-refractivity contribution in [3.05, 3.63) is 12.4 Å². The van der Waals surface area contributed by atoms with Crippen LogP contribution in [0.25, 0.3) is 0 Å². The fraction of sp³-hybridized carbons (Fsp3) is 0.571. The monoisotopic (exact) mass is 193 g/mol. The number of nitrogen functional groups attached to an aromatic ring is 1. The van der Waals surface area contributed by atoms with Crippen molar-refractivity contribution in [2.75, 3.05) is 5.73 Å². The van der Waals surface area contributed by atoms with Gasteiger partial charge in [-0.2, -0.15) is 18.3 Å². The Bertz CT molecular complexity index is 266. The van der Waals surface area contributed by atoms with Gasteiger partial charge in [0.25, 0.3) is 0 Å². The number of hydrogen-bond donors (Lipinski definition) is 1. The molecular formula is C7H10F3N3. The number of nitrogens with two attached hydrogens (primary N) is 1. The Morgan fingerprint density at radius 1 is 1.46 bits per heavy atom. The molecule has 1 aromatic heterocycles. The lowest BCUT2D eigenvalue weighted by Crippen LogP contribution is -2.09. The summed E-state index contributed by atoms with van der Waals surface area (Å²) in [6, 6.07) is 0. The minimum atomic E-state index is -4.08. The second-order valence-corrected chi connectivity index (χ2v) is 2.76. The molecule has 0 radical (unpaired) electrons. The molecule has 3 nitrogen and oxygen atoms in total. The highest BCUT2D eigenvalue weighted by Gasteiger charge is 2.25. The van der Waals surface area contributed by atoms with Gasteiger partial charge in [-0.3, -0.25) is 4.68 Å².